The maximum absolute atomic E-state index is 9.73. The van der Waals surface area contributed by atoms with E-state index in [4.69, 9.17) is 0 Å². The zero-order valence-electron chi connectivity index (χ0n) is 16.5. The fourth-order valence-corrected chi connectivity index (χ4v) is 4.72. The first-order valence-electron chi connectivity index (χ1n) is 10.7. The standard InChI is InChI=1S/C21H33N5O/c1-15(27)26-13-10-16(11-14-26)7-8-18-20-19(25-24-18)9-12-22-21(20)23-17-5-3-2-4-6-17/h9,12,15-17,27H,2-8,10-11,13-14H2,1H3,(H,22,23)(H,24,25). The number of pyridine rings is 1. The highest BCUT2D eigenvalue weighted by molar-refractivity contribution is 5.91. The summed E-state index contributed by atoms with van der Waals surface area (Å²) in [5.41, 5.74) is 2.23. The van der Waals surface area contributed by atoms with Crippen LogP contribution in [0.5, 0.6) is 0 Å². The number of aliphatic hydroxyl groups is 1. The van der Waals surface area contributed by atoms with Crippen molar-refractivity contribution in [1.82, 2.24) is 20.1 Å². The van der Waals surface area contributed by atoms with Crippen LogP contribution >= 0.6 is 0 Å². The average Bonchev–Trinajstić information content (AvgIpc) is 3.12. The Balaban J connectivity index is 1.41. The Hall–Kier alpha value is -1.66. The van der Waals surface area contributed by atoms with Gasteiger partial charge in [0.15, 0.2) is 0 Å². The highest BCUT2D eigenvalue weighted by atomic mass is 16.3. The molecule has 1 aliphatic heterocycles. The summed E-state index contributed by atoms with van der Waals surface area (Å²) >= 11 is 0. The molecule has 4 rings (SSSR count). The number of hydrogen-bond acceptors (Lipinski definition) is 5. The van der Waals surface area contributed by atoms with Gasteiger partial charge in [0.05, 0.1) is 10.9 Å². The van der Waals surface area contributed by atoms with Crippen LogP contribution in [0.1, 0.15) is 64.0 Å². The van der Waals surface area contributed by atoms with Gasteiger partial charge in [0.25, 0.3) is 0 Å². The Bertz CT molecular complexity index is 729. The minimum atomic E-state index is -0.318. The fourth-order valence-electron chi connectivity index (χ4n) is 4.72. The number of nitrogens with one attached hydrogen (secondary N) is 2. The smallest absolute Gasteiger partial charge is 0.137 e. The van der Waals surface area contributed by atoms with Gasteiger partial charge in [-0.05, 0) is 57.4 Å². The van der Waals surface area contributed by atoms with Gasteiger partial charge in [0, 0.05) is 31.0 Å². The number of piperidine rings is 1. The Morgan fingerprint density at radius 1 is 1.22 bits per heavy atom. The van der Waals surface area contributed by atoms with Crippen LogP contribution in [0.4, 0.5) is 5.82 Å². The maximum atomic E-state index is 9.73. The summed E-state index contributed by atoms with van der Waals surface area (Å²) in [4.78, 5) is 6.82. The van der Waals surface area contributed by atoms with Gasteiger partial charge >= 0.3 is 0 Å². The first kappa shape index (κ1) is 18.7. The summed E-state index contributed by atoms with van der Waals surface area (Å²) < 4.78 is 0. The van der Waals surface area contributed by atoms with Crippen molar-refractivity contribution >= 4 is 16.7 Å². The normalized spacial score (nSPS) is 21.6. The molecule has 2 aromatic heterocycles. The second-order valence-corrected chi connectivity index (χ2v) is 8.39. The Morgan fingerprint density at radius 2 is 2.00 bits per heavy atom. The van der Waals surface area contributed by atoms with Crippen molar-refractivity contribution in [3.8, 4) is 0 Å². The zero-order valence-corrected chi connectivity index (χ0v) is 16.5. The van der Waals surface area contributed by atoms with Gasteiger partial charge in [-0.1, -0.05) is 19.3 Å². The van der Waals surface area contributed by atoms with Gasteiger partial charge < -0.3 is 10.4 Å². The lowest BCUT2D eigenvalue weighted by Gasteiger charge is -2.33. The summed E-state index contributed by atoms with van der Waals surface area (Å²) in [6.45, 7) is 3.87. The molecule has 1 saturated heterocycles. The van der Waals surface area contributed by atoms with Crippen LogP contribution in [0.15, 0.2) is 12.3 Å². The summed E-state index contributed by atoms with van der Waals surface area (Å²) in [7, 11) is 0. The lowest BCUT2D eigenvalue weighted by atomic mass is 9.91. The van der Waals surface area contributed by atoms with Crippen LogP contribution in [0.2, 0.25) is 0 Å². The zero-order chi connectivity index (χ0) is 18.6. The van der Waals surface area contributed by atoms with Gasteiger partial charge in [0.1, 0.15) is 12.0 Å². The summed E-state index contributed by atoms with van der Waals surface area (Å²) in [5, 5.41) is 22.4. The summed E-state index contributed by atoms with van der Waals surface area (Å²) in [5.74, 6) is 1.73. The molecule has 0 radical (unpaired) electrons. The van der Waals surface area contributed by atoms with E-state index in [0.717, 1.165) is 36.8 Å². The number of anilines is 1. The van der Waals surface area contributed by atoms with Crippen molar-refractivity contribution in [2.24, 2.45) is 5.92 Å². The molecule has 1 unspecified atom stereocenters. The molecule has 27 heavy (non-hydrogen) atoms. The topological polar surface area (TPSA) is 77.1 Å². The first-order chi connectivity index (χ1) is 13.2. The highest BCUT2D eigenvalue weighted by Gasteiger charge is 2.22. The number of aromatic amines is 1. The Labute approximate surface area is 161 Å². The number of fused-ring (bicyclic) bond motifs is 1. The predicted octanol–water partition coefficient (Wildman–Crippen LogP) is 3.69. The maximum Gasteiger partial charge on any atom is 0.137 e. The molecule has 148 valence electrons. The van der Waals surface area contributed by atoms with Crippen molar-refractivity contribution in [3.63, 3.8) is 0 Å². The molecule has 6 heteroatoms. The van der Waals surface area contributed by atoms with Crippen LogP contribution in [0.25, 0.3) is 10.9 Å². The number of hydrogen-bond donors (Lipinski definition) is 3. The second kappa shape index (κ2) is 8.57. The van der Waals surface area contributed by atoms with E-state index < -0.39 is 0 Å². The molecule has 3 heterocycles. The van der Waals surface area contributed by atoms with E-state index in [1.54, 1.807) is 0 Å². The molecular weight excluding hydrogens is 338 g/mol. The van der Waals surface area contributed by atoms with Crippen molar-refractivity contribution < 1.29 is 5.11 Å². The van der Waals surface area contributed by atoms with Crippen LogP contribution in [0, 0.1) is 5.92 Å². The summed E-state index contributed by atoms with van der Waals surface area (Å²) in [6, 6.07) is 2.55. The fraction of sp³-hybridized carbons (Fsp3) is 0.714. The number of aliphatic hydroxyl groups excluding tert-OH is 1. The molecule has 1 saturated carbocycles. The Morgan fingerprint density at radius 3 is 2.74 bits per heavy atom. The van der Waals surface area contributed by atoms with Crippen LogP contribution in [-0.4, -0.2) is 50.5 Å². The second-order valence-electron chi connectivity index (χ2n) is 8.39. The number of aromatic nitrogens is 3. The molecule has 2 aliphatic rings. The van der Waals surface area contributed by atoms with Gasteiger partial charge in [-0.15, -0.1) is 0 Å². The van der Waals surface area contributed by atoms with Gasteiger partial charge in [-0.25, -0.2) is 4.98 Å². The van der Waals surface area contributed by atoms with Crippen molar-refractivity contribution in [3.05, 3.63) is 18.0 Å². The van der Waals surface area contributed by atoms with Crippen LogP contribution < -0.4 is 5.32 Å². The lowest BCUT2D eigenvalue weighted by Crippen LogP contribution is -2.39. The third-order valence-electron chi connectivity index (χ3n) is 6.47. The molecular formula is C21H33N5O. The third kappa shape index (κ3) is 4.43. The number of likely N-dealkylation sites (tertiary alicyclic amines) is 1. The van der Waals surface area contributed by atoms with Gasteiger partial charge in [0.2, 0.25) is 0 Å². The monoisotopic (exact) mass is 371 g/mol. The van der Waals surface area contributed by atoms with E-state index in [1.807, 2.05) is 19.2 Å². The molecule has 3 N–H and O–H groups in total. The van der Waals surface area contributed by atoms with E-state index >= 15 is 0 Å². The lowest BCUT2D eigenvalue weighted by molar-refractivity contribution is -0.00396. The molecule has 0 bridgehead atoms. The molecule has 1 aliphatic carbocycles. The first-order valence-corrected chi connectivity index (χ1v) is 10.7. The van der Waals surface area contributed by atoms with Crippen LogP contribution in [-0.2, 0) is 6.42 Å². The number of nitrogens with zero attached hydrogens (tertiary/aromatic N) is 3. The van der Waals surface area contributed by atoms with Crippen molar-refractivity contribution in [1.29, 1.82) is 0 Å². The number of H-pyrrole nitrogens is 1. The minimum Gasteiger partial charge on any atom is -0.379 e. The SMILES string of the molecule is CC(O)N1CCC(CCc2[nH]nc3ccnc(NC4CCCCC4)c23)CC1. The molecule has 2 aromatic rings. The molecule has 2 fully saturated rings. The Kier molecular flexibility index (Phi) is 5.93. The predicted molar refractivity (Wildman–Crippen MR) is 109 cm³/mol. The molecule has 0 spiro atoms. The molecule has 6 nitrogen and oxygen atoms in total. The van der Waals surface area contributed by atoms with E-state index in [0.29, 0.717) is 6.04 Å². The van der Waals surface area contributed by atoms with Gasteiger partial charge in [-0.3, -0.25) is 10.00 Å². The van der Waals surface area contributed by atoms with Crippen molar-refractivity contribution in [2.75, 3.05) is 18.4 Å². The average molecular weight is 372 g/mol. The molecule has 1 atom stereocenters. The highest BCUT2D eigenvalue weighted by Crippen LogP contribution is 2.29. The quantitative estimate of drug-likeness (QED) is 0.722. The van der Waals surface area contributed by atoms with E-state index in [-0.39, 0.29) is 6.23 Å². The number of aryl methyl sites for hydroxylation is 1. The largest absolute Gasteiger partial charge is 0.379 e. The van der Waals surface area contributed by atoms with Gasteiger partial charge in [-0.2, -0.15) is 5.10 Å². The minimum absolute atomic E-state index is 0.318. The molecule has 0 amide bonds. The third-order valence-corrected chi connectivity index (χ3v) is 6.47. The van der Waals surface area contributed by atoms with Crippen LogP contribution in [0.3, 0.4) is 0 Å². The van der Waals surface area contributed by atoms with Crippen molar-refractivity contribution in [2.45, 2.75) is 77.0 Å². The van der Waals surface area contributed by atoms with E-state index in [2.05, 4.69) is 25.4 Å². The molecule has 0 aromatic carbocycles. The summed E-state index contributed by atoms with van der Waals surface area (Å²) in [6.07, 6.45) is 12.6. The van der Waals surface area contributed by atoms with E-state index in [9.17, 15) is 5.11 Å². The number of rotatable bonds is 6. The van der Waals surface area contributed by atoms with E-state index in [1.165, 1.54) is 62.4 Å².